The van der Waals surface area contributed by atoms with Gasteiger partial charge in [-0.05, 0) is 32.1 Å². The van der Waals surface area contributed by atoms with Gasteiger partial charge in [0, 0.05) is 5.33 Å². The van der Waals surface area contributed by atoms with E-state index in [2.05, 4.69) is 29.8 Å². The lowest BCUT2D eigenvalue weighted by Crippen LogP contribution is -2.35. The summed E-state index contributed by atoms with van der Waals surface area (Å²) in [5.41, 5.74) is -0.0629. The molecule has 98 valence electrons. The first-order chi connectivity index (χ1) is 7.33. The molecule has 16 heavy (non-hydrogen) atoms. The third kappa shape index (κ3) is 4.74. The molecule has 0 amide bonds. The minimum Gasteiger partial charge on any atom is -0.229 e. The molecule has 0 rings (SSSR count). The molecule has 0 saturated heterocycles. The van der Waals surface area contributed by atoms with Gasteiger partial charge in [0.25, 0.3) is 0 Å². The van der Waals surface area contributed by atoms with Crippen molar-refractivity contribution < 1.29 is 8.42 Å². The van der Waals surface area contributed by atoms with Gasteiger partial charge in [-0.25, -0.2) is 8.42 Å². The second kappa shape index (κ2) is 7.00. The van der Waals surface area contributed by atoms with Crippen molar-refractivity contribution in [1.29, 1.82) is 0 Å². The van der Waals surface area contributed by atoms with Crippen molar-refractivity contribution in [3.05, 3.63) is 0 Å². The Kier molecular flexibility index (Phi) is 7.18. The normalized spacial score (nSPS) is 13.4. The molecule has 0 N–H and O–H groups in total. The molecule has 0 atom stereocenters. The Labute approximate surface area is 109 Å². The standard InChI is InChI=1S/C12H25BrO2S/c1-5-7-12(9-13,8-6-2)10-16(14,15)11(3)4/h11H,5-10H2,1-4H3. The molecule has 0 aromatic carbocycles. The average Bonchev–Trinajstić information content (AvgIpc) is 2.17. The van der Waals surface area contributed by atoms with Gasteiger partial charge in [-0.2, -0.15) is 0 Å². The van der Waals surface area contributed by atoms with Crippen LogP contribution < -0.4 is 0 Å². The zero-order valence-corrected chi connectivity index (χ0v) is 13.3. The van der Waals surface area contributed by atoms with Crippen molar-refractivity contribution in [2.45, 2.75) is 58.6 Å². The van der Waals surface area contributed by atoms with Crippen LogP contribution >= 0.6 is 15.9 Å². The second-order valence-electron chi connectivity index (χ2n) is 4.99. The summed E-state index contributed by atoms with van der Waals surface area (Å²) in [6.45, 7) is 7.78. The number of hydrogen-bond acceptors (Lipinski definition) is 2. The number of sulfone groups is 1. The Morgan fingerprint density at radius 3 is 1.81 bits per heavy atom. The van der Waals surface area contributed by atoms with E-state index in [1.807, 2.05) is 0 Å². The van der Waals surface area contributed by atoms with Crippen LogP contribution in [0.2, 0.25) is 0 Å². The summed E-state index contributed by atoms with van der Waals surface area (Å²) in [4.78, 5) is 0. The van der Waals surface area contributed by atoms with E-state index in [0.29, 0.717) is 5.75 Å². The monoisotopic (exact) mass is 312 g/mol. The lowest BCUT2D eigenvalue weighted by atomic mass is 9.83. The smallest absolute Gasteiger partial charge is 0.153 e. The highest BCUT2D eigenvalue weighted by Crippen LogP contribution is 2.34. The van der Waals surface area contributed by atoms with Crippen molar-refractivity contribution in [3.8, 4) is 0 Å². The summed E-state index contributed by atoms with van der Waals surface area (Å²) < 4.78 is 24.1. The fourth-order valence-electron chi connectivity index (χ4n) is 2.10. The number of hydrogen-bond donors (Lipinski definition) is 0. The van der Waals surface area contributed by atoms with Gasteiger partial charge in [-0.15, -0.1) is 0 Å². The highest BCUT2D eigenvalue weighted by atomic mass is 79.9. The van der Waals surface area contributed by atoms with Crippen molar-refractivity contribution >= 4 is 25.8 Å². The summed E-state index contributed by atoms with van der Waals surface area (Å²) in [6.07, 6.45) is 4.05. The molecule has 0 unspecified atom stereocenters. The van der Waals surface area contributed by atoms with Crippen LogP contribution in [0, 0.1) is 5.41 Å². The third-order valence-corrected chi connectivity index (χ3v) is 6.71. The zero-order valence-electron chi connectivity index (χ0n) is 10.9. The molecule has 0 bridgehead atoms. The highest BCUT2D eigenvalue weighted by molar-refractivity contribution is 9.09. The summed E-state index contributed by atoms with van der Waals surface area (Å²) in [7, 11) is -2.94. The van der Waals surface area contributed by atoms with Gasteiger partial charge >= 0.3 is 0 Å². The first-order valence-corrected chi connectivity index (χ1v) is 8.94. The van der Waals surface area contributed by atoms with Gasteiger partial charge in [0.2, 0.25) is 0 Å². The van der Waals surface area contributed by atoms with Crippen LogP contribution in [0.5, 0.6) is 0 Å². The first-order valence-electron chi connectivity index (χ1n) is 6.11. The average molecular weight is 313 g/mol. The summed E-state index contributed by atoms with van der Waals surface area (Å²) >= 11 is 3.51. The van der Waals surface area contributed by atoms with Crippen LogP contribution in [0.4, 0.5) is 0 Å². The molecule has 0 spiro atoms. The van der Waals surface area contributed by atoms with E-state index in [4.69, 9.17) is 0 Å². The molecular formula is C12H25BrO2S. The van der Waals surface area contributed by atoms with Crippen molar-refractivity contribution in [3.63, 3.8) is 0 Å². The molecule has 0 fully saturated rings. The maximum absolute atomic E-state index is 12.0. The molecule has 0 aliphatic heterocycles. The molecular weight excluding hydrogens is 288 g/mol. The quantitative estimate of drug-likeness (QED) is 0.639. The number of rotatable bonds is 8. The van der Waals surface area contributed by atoms with E-state index < -0.39 is 9.84 Å². The summed E-state index contributed by atoms with van der Waals surface area (Å²) in [5.74, 6) is 0.324. The van der Waals surface area contributed by atoms with Gasteiger partial charge in [0.15, 0.2) is 9.84 Å². The van der Waals surface area contributed by atoms with E-state index in [-0.39, 0.29) is 10.7 Å². The molecule has 0 aliphatic rings. The largest absolute Gasteiger partial charge is 0.229 e. The van der Waals surface area contributed by atoms with E-state index in [0.717, 1.165) is 31.0 Å². The lowest BCUT2D eigenvalue weighted by Gasteiger charge is -2.32. The van der Waals surface area contributed by atoms with Crippen LogP contribution in [0.1, 0.15) is 53.4 Å². The van der Waals surface area contributed by atoms with Crippen molar-refractivity contribution in [2.24, 2.45) is 5.41 Å². The molecule has 0 aliphatic carbocycles. The maximum atomic E-state index is 12.0. The fourth-order valence-corrected chi connectivity index (χ4v) is 4.69. The molecule has 0 heterocycles. The summed E-state index contributed by atoms with van der Waals surface area (Å²) in [5, 5.41) is 0.521. The molecule has 0 saturated carbocycles. The minimum atomic E-state index is -2.94. The molecule has 0 aromatic rings. The predicted octanol–water partition coefficient (Wildman–Crippen LogP) is 3.79. The Hall–Kier alpha value is 0.430. The minimum absolute atomic E-state index is 0.0629. The van der Waals surface area contributed by atoms with Crippen molar-refractivity contribution in [1.82, 2.24) is 0 Å². The van der Waals surface area contributed by atoms with Gasteiger partial charge in [0.1, 0.15) is 0 Å². The van der Waals surface area contributed by atoms with E-state index in [9.17, 15) is 8.42 Å². The fraction of sp³-hybridized carbons (Fsp3) is 1.00. The van der Waals surface area contributed by atoms with Crippen molar-refractivity contribution in [2.75, 3.05) is 11.1 Å². The third-order valence-electron chi connectivity index (χ3n) is 3.07. The van der Waals surface area contributed by atoms with Gasteiger partial charge in [0.05, 0.1) is 11.0 Å². The van der Waals surface area contributed by atoms with Crippen LogP contribution in [0.15, 0.2) is 0 Å². The van der Waals surface area contributed by atoms with Gasteiger partial charge in [-0.3, -0.25) is 0 Å². The van der Waals surface area contributed by atoms with Crippen LogP contribution in [0.25, 0.3) is 0 Å². The van der Waals surface area contributed by atoms with Gasteiger partial charge in [-0.1, -0.05) is 42.6 Å². The Morgan fingerprint density at radius 2 is 1.56 bits per heavy atom. The first kappa shape index (κ1) is 16.4. The molecule has 0 radical (unpaired) electrons. The maximum Gasteiger partial charge on any atom is 0.153 e. The Bertz CT molecular complexity index is 277. The number of alkyl halides is 1. The lowest BCUT2D eigenvalue weighted by molar-refractivity contribution is 0.313. The predicted molar refractivity (Wildman–Crippen MR) is 75.0 cm³/mol. The molecule has 4 heteroatoms. The van der Waals surface area contributed by atoms with Gasteiger partial charge < -0.3 is 0 Å². The Morgan fingerprint density at radius 1 is 1.12 bits per heavy atom. The second-order valence-corrected chi connectivity index (χ2v) is 8.11. The zero-order chi connectivity index (χ0) is 12.8. The SMILES string of the molecule is CCCC(CBr)(CCC)CS(=O)(=O)C(C)C. The Balaban J connectivity index is 4.91. The van der Waals surface area contributed by atoms with Crippen LogP contribution in [0.3, 0.4) is 0 Å². The molecule has 2 nitrogen and oxygen atoms in total. The number of halogens is 1. The highest BCUT2D eigenvalue weighted by Gasteiger charge is 2.34. The van der Waals surface area contributed by atoms with E-state index >= 15 is 0 Å². The molecule has 0 aromatic heterocycles. The van der Waals surface area contributed by atoms with Crippen LogP contribution in [-0.4, -0.2) is 24.8 Å². The van der Waals surface area contributed by atoms with E-state index in [1.54, 1.807) is 13.8 Å². The summed E-state index contributed by atoms with van der Waals surface area (Å²) in [6, 6.07) is 0. The van der Waals surface area contributed by atoms with E-state index in [1.165, 1.54) is 0 Å². The van der Waals surface area contributed by atoms with Crippen LogP contribution in [-0.2, 0) is 9.84 Å². The topological polar surface area (TPSA) is 34.1 Å².